The van der Waals surface area contributed by atoms with Crippen molar-refractivity contribution >= 4 is 0 Å². The van der Waals surface area contributed by atoms with E-state index in [1.54, 1.807) is 0 Å². The molecule has 0 aliphatic heterocycles. The Labute approximate surface area is 102 Å². The SMILES string of the molecule is Cc1ccc(C(O)c2[nH]c(C)c(C)c2C)cc1. The van der Waals surface area contributed by atoms with E-state index in [1.807, 2.05) is 45.0 Å². The molecule has 0 radical (unpaired) electrons. The Hall–Kier alpha value is -1.54. The number of aliphatic hydroxyl groups is 1. The molecule has 1 heterocycles. The van der Waals surface area contributed by atoms with Gasteiger partial charge in [-0.2, -0.15) is 0 Å². The summed E-state index contributed by atoms with van der Waals surface area (Å²) in [6.07, 6.45) is -0.567. The van der Waals surface area contributed by atoms with Crippen molar-refractivity contribution in [2.45, 2.75) is 33.8 Å². The predicted molar refractivity (Wildman–Crippen MR) is 70.2 cm³/mol. The highest BCUT2D eigenvalue weighted by atomic mass is 16.3. The summed E-state index contributed by atoms with van der Waals surface area (Å²) in [5.74, 6) is 0. The minimum absolute atomic E-state index is 0.567. The second-order valence-corrected chi connectivity index (χ2v) is 4.73. The van der Waals surface area contributed by atoms with Gasteiger partial charge in [-0.05, 0) is 44.4 Å². The molecule has 1 aromatic carbocycles. The Morgan fingerprint density at radius 3 is 2.00 bits per heavy atom. The van der Waals surface area contributed by atoms with Gasteiger partial charge in [0.15, 0.2) is 0 Å². The molecule has 17 heavy (non-hydrogen) atoms. The van der Waals surface area contributed by atoms with E-state index in [0.29, 0.717) is 0 Å². The van der Waals surface area contributed by atoms with Gasteiger partial charge in [0.05, 0.1) is 5.69 Å². The van der Waals surface area contributed by atoms with Crippen molar-refractivity contribution < 1.29 is 5.11 Å². The normalized spacial score (nSPS) is 12.8. The molecule has 0 saturated heterocycles. The van der Waals surface area contributed by atoms with E-state index < -0.39 is 6.10 Å². The fourth-order valence-electron chi connectivity index (χ4n) is 2.06. The van der Waals surface area contributed by atoms with Crippen LogP contribution in [0.25, 0.3) is 0 Å². The maximum atomic E-state index is 10.4. The molecule has 0 spiro atoms. The summed E-state index contributed by atoms with van der Waals surface area (Å²) in [5.41, 5.74) is 6.55. The zero-order valence-corrected chi connectivity index (χ0v) is 10.8. The number of aryl methyl sites for hydroxylation is 2. The monoisotopic (exact) mass is 229 g/mol. The number of rotatable bonds is 2. The second-order valence-electron chi connectivity index (χ2n) is 4.73. The molecule has 2 N–H and O–H groups in total. The zero-order chi connectivity index (χ0) is 12.6. The van der Waals surface area contributed by atoms with Crippen LogP contribution in [0.2, 0.25) is 0 Å². The van der Waals surface area contributed by atoms with Gasteiger partial charge in [0.1, 0.15) is 6.10 Å². The lowest BCUT2D eigenvalue weighted by Gasteiger charge is -2.11. The molecule has 1 unspecified atom stereocenters. The number of hydrogen-bond donors (Lipinski definition) is 2. The largest absolute Gasteiger partial charge is 0.382 e. The van der Waals surface area contributed by atoms with Gasteiger partial charge in [0.2, 0.25) is 0 Å². The summed E-state index contributed by atoms with van der Waals surface area (Å²) in [5, 5.41) is 10.4. The predicted octanol–water partition coefficient (Wildman–Crippen LogP) is 3.33. The third-order valence-corrected chi connectivity index (χ3v) is 3.52. The van der Waals surface area contributed by atoms with Crippen molar-refractivity contribution in [3.63, 3.8) is 0 Å². The van der Waals surface area contributed by atoms with E-state index in [2.05, 4.69) is 11.9 Å². The molecule has 0 bridgehead atoms. The van der Waals surface area contributed by atoms with E-state index in [0.717, 1.165) is 22.5 Å². The third kappa shape index (κ3) is 2.13. The Morgan fingerprint density at radius 1 is 0.941 bits per heavy atom. The van der Waals surface area contributed by atoms with E-state index in [4.69, 9.17) is 0 Å². The van der Waals surface area contributed by atoms with Crippen molar-refractivity contribution in [2.75, 3.05) is 0 Å². The minimum atomic E-state index is -0.567. The number of hydrogen-bond acceptors (Lipinski definition) is 1. The summed E-state index contributed by atoms with van der Waals surface area (Å²) in [7, 11) is 0. The maximum Gasteiger partial charge on any atom is 0.119 e. The smallest absolute Gasteiger partial charge is 0.119 e. The van der Waals surface area contributed by atoms with Crippen LogP contribution in [0.1, 0.15) is 39.7 Å². The minimum Gasteiger partial charge on any atom is -0.382 e. The second kappa shape index (κ2) is 4.38. The Bertz CT molecular complexity index is 523. The number of aromatic nitrogens is 1. The van der Waals surface area contributed by atoms with E-state index in [9.17, 15) is 5.11 Å². The quantitative estimate of drug-likeness (QED) is 0.814. The first-order chi connectivity index (χ1) is 8.00. The van der Waals surface area contributed by atoms with Gasteiger partial charge >= 0.3 is 0 Å². The lowest BCUT2D eigenvalue weighted by atomic mass is 10.0. The molecular weight excluding hydrogens is 210 g/mol. The molecule has 1 aromatic heterocycles. The average Bonchev–Trinajstić information content (AvgIpc) is 2.57. The van der Waals surface area contributed by atoms with Gasteiger partial charge in [-0.15, -0.1) is 0 Å². The molecule has 2 nitrogen and oxygen atoms in total. The summed E-state index contributed by atoms with van der Waals surface area (Å²) in [6.45, 7) is 8.20. The highest BCUT2D eigenvalue weighted by Gasteiger charge is 2.17. The van der Waals surface area contributed by atoms with Gasteiger partial charge < -0.3 is 10.1 Å². The first kappa shape index (κ1) is 11.9. The van der Waals surface area contributed by atoms with Crippen molar-refractivity contribution in [3.8, 4) is 0 Å². The number of nitrogens with one attached hydrogen (secondary N) is 1. The summed E-state index contributed by atoms with van der Waals surface area (Å²) in [4.78, 5) is 3.28. The van der Waals surface area contributed by atoms with Crippen molar-refractivity contribution in [1.82, 2.24) is 4.98 Å². The van der Waals surface area contributed by atoms with Crippen LogP contribution in [0.15, 0.2) is 24.3 Å². The van der Waals surface area contributed by atoms with Crippen LogP contribution < -0.4 is 0 Å². The maximum absolute atomic E-state index is 10.4. The van der Waals surface area contributed by atoms with Crippen LogP contribution in [0.4, 0.5) is 0 Å². The fourth-order valence-corrected chi connectivity index (χ4v) is 2.06. The Morgan fingerprint density at radius 2 is 1.53 bits per heavy atom. The first-order valence-electron chi connectivity index (χ1n) is 5.91. The molecule has 0 amide bonds. The Balaban J connectivity index is 2.40. The van der Waals surface area contributed by atoms with Crippen LogP contribution >= 0.6 is 0 Å². The average molecular weight is 229 g/mol. The van der Waals surface area contributed by atoms with E-state index in [1.165, 1.54) is 11.1 Å². The molecule has 0 aliphatic rings. The molecule has 0 fully saturated rings. The van der Waals surface area contributed by atoms with Crippen molar-refractivity contribution in [2.24, 2.45) is 0 Å². The summed E-state index contributed by atoms with van der Waals surface area (Å²) >= 11 is 0. The van der Waals surface area contributed by atoms with Gasteiger partial charge in [0, 0.05) is 5.69 Å². The molecule has 2 aromatic rings. The molecule has 1 atom stereocenters. The molecule has 2 heteroatoms. The van der Waals surface area contributed by atoms with Gasteiger partial charge in [-0.25, -0.2) is 0 Å². The van der Waals surface area contributed by atoms with Crippen molar-refractivity contribution in [1.29, 1.82) is 0 Å². The summed E-state index contributed by atoms with van der Waals surface area (Å²) in [6, 6.07) is 8.00. The Kier molecular flexibility index (Phi) is 3.07. The number of aliphatic hydroxyl groups excluding tert-OH is 1. The van der Waals surface area contributed by atoms with Crippen molar-refractivity contribution in [3.05, 3.63) is 57.9 Å². The summed E-state index contributed by atoms with van der Waals surface area (Å²) < 4.78 is 0. The van der Waals surface area contributed by atoms with E-state index >= 15 is 0 Å². The van der Waals surface area contributed by atoms with Crippen LogP contribution in [0.5, 0.6) is 0 Å². The zero-order valence-electron chi connectivity index (χ0n) is 10.8. The van der Waals surface area contributed by atoms with Crippen LogP contribution in [0.3, 0.4) is 0 Å². The number of aromatic amines is 1. The molecular formula is C15H19NO. The standard InChI is InChI=1S/C15H19NO/c1-9-5-7-13(8-6-9)15(17)14-11(3)10(2)12(4)16-14/h5-8,15-17H,1-4H3. The number of benzene rings is 1. The van der Waals surface area contributed by atoms with Crippen LogP contribution in [-0.4, -0.2) is 10.1 Å². The fraction of sp³-hybridized carbons (Fsp3) is 0.333. The first-order valence-corrected chi connectivity index (χ1v) is 5.91. The molecule has 0 saturated carbocycles. The lowest BCUT2D eigenvalue weighted by Crippen LogP contribution is -2.02. The van der Waals surface area contributed by atoms with Gasteiger partial charge in [-0.1, -0.05) is 29.8 Å². The highest BCUT2D eigenvalue weighted by Crippen LogP contribution is 2.27. The third-order valence-electron chi connectivity index (χ3n) is 3.52. The molecule has 90 valence electrons. The topological polar surface area (TPSA) is 36.0 Å². The number of H-pyrrole nitrogens is 1. The lowest BCUT2D eigenvalue weighted by molar-refractivity contribution is 0.215. The van der Waals surface area contributed by atoms with Crippen LogP contribution in [-0.2, 0) is 0 Å². The van der Waals surface area contributed by atoms with Crippen LogP contribution in [0, 0.1) is 27.7 Å². The van der Waals surface area contributed by atoms with E-state index in [-0.39, 0.29) is 0 Å². The molecule has 0 aliphatic carbocycles. The van der Waals surface area contributed by atoms with Gasteiger partial charge in [-0.3, -0.25) is 0 Å². The highest BCUT2D eigenvalue weighted by molar-refractivity contribution is 5.39. The van der Waals surface area contributed by atoms with Gasteiger partial charge in [0.25, 0.3) is 0 Å². The molecule has 2 rings (SSSR count).